The van der Waals surface area contributed by atoms with Gasteiger partial charge in [0.05, 0.1) is 6.26 Å². The monoisotopic (exact) mass is 383 g/mol. The molecule has 0 atom stereocenters. The summed E-state index contributed by atoms with van der Waals surface area (Å²) < 4.78 is 41.1. The summed E-state index contributed by atoms with van der Waals surface area (Å²) in [5.74, 6) is -1.56. The number of carbonyl (C=O) groups excluding carboxylic acids is 3. The Labute approximate surface area is 151 Å². The number of alkyl halides is 3. The summed E-state index contributed by atoms with van der Waals surface area (Å²) >= 11 is 0. The van der Waals surface area contributed by atoms with Gasteiger partial charge in [0.15, 0.2) is 5.76 Å². The molecule has 0 aliphatic heterocycles. The van der Waals surface area contributed by atoms with Crippen LogP contribution >= 0.6 is 0 Å². The maximum Gasteiger partial charge on any atom is 0.405 e. The molecule has 0 unspecified atom stereocenters. The van der Waals surface area contributed by atoms with Crippen LogP contribution in [0, 0.1) is 0 Å². The van der Waals surface area contributed by atoms with Gasteiger partial charge in [-0.05, 0) is 36.4 Å². The van der Waals surface area contributed by atoms with E-state index in [1.165, 1.54) is 36.6 Å². The predicted molar refractivity (Wildman–Crippen MR) is 89.1 cm³/mol. The van der Waals surface area contributed by atoms with Crippen molar-refractivity contribution in [3.63, 3.8) is 0 Å². The predicted octanol–water partition coefficient (Wildman–Crippen LogP) is 2.33. The molecule has 3 amide bonds. The zero-order valence-electron chi connectivity index (χ0n) is 13.9. The van der Waals surface area contributed by atoms with Gasteiger partial charge in [-0.15, -0.1) is 0 Å². The normalized spacial score (nSPS) is 10.9. The van der Waals surface area contributed by atoms with Crippen molar-refractivity contribution in [1.29, 1.82) is 0 Å². The Kier molecular flexibility index (Phi) is 6.58. The Morgan fingerprint density at radius 3 is 2.26 bits per heavy atom. The van der Waals surface area contributed by atoms with E-state index in [-0.39, 0.29) is 30.2 Å². The van der Waals surface area contributed by atoms with Gasteiger partial charge in [0.2, 0.25) is 5.91 Å². The number of rotatable bonds is 7. The highest BCUT2D eigenvalue weighted by atomic mass is 19.4. The number of nitrogens with one attached hydrogen (secondary N) is 3. The number of amides is 3. The third-order valence-electron chi connectivity index (χ3n) is 3.26. The van der Waals surface area contributed by atoms with Crippen LogP contribution in [0.3, 0.4) is 0 Å². The van der Waals surface area contributed by atoms with Crippen molar-refractivity contribution in [2.75, 3.05) is 18.4 Å². The van der Waals surface area contributed by atoms with E-state index in [9.17, 15) is 27.6 Å². The van der Waals surface area contributed by atoms with E-state index in [0.717, 1.165) is 0 Å². The van der Waals surface area contributed by atoms with Gasteiger partial charge in [0.25, 0.3) is 11.8 Å². The molecule has 1 aromatic heterocycles. The minimum Gasteiger partial charge on any atom is -0.459 e. The van der Waals surface area contributed by atoms with Crippen LogP contribution in [0.1, 0.15) is 27.3 Å². The molecule has 2 rings (SSSR count). The standard InChI is InChI=1S/C17H16F3N3O4/c18-17(19,20)10-22-15(25)11-3-5-12(6-4-11)23-14(24)7-8-21-16(26)13-2-1-9-27-13/h1-6,9H,7-8,10H2,(H,21,26)(H,22,25)(H,23,24). The van der Waals surface area contributed by atoms with Gasteiger partial charge < -0.3 is 20.4 Å². The first-order valence-corrected chi connectivity index (χ1v) is 7.81. The second-order valence-corrected chi connectivity index (χ2v) is 5.41. The zero-order valence-corrected chi connectivity index (χ0v) is 13.9. The van der Waals surface area contributed by atoms with Crippen LogP contribution in [0.4, 0.5) is 18.9 Å². The van der Waals surface area contributed by atoms with Crippen LogP contribution in [0.5, 0.6) is 0 Å². The third kappa shape index (κ3) is 6.84. The number of hydrogen-bond acceptors (Lipinski definition) is 4. The first-order valence-electron chi connectivity index (χ1n) is 7.81. The summed E-state index contributed by atoms with van der Waals surface area (Å²) in [6.07, 6.45) is -3.13. The molecule has 27 heavy (non-hydrogen) atoms. The van der Waals surface area contributed by atoms with E-state index in [1.807, 2.05) is 0 Å². The third-order valence-corrected chi connectivity index (χ3v) is 3.26. The van der Waals surface area contributed by atoms with E-state index in [2.05, 4.69) is 10.6 Å². The molecule has 10 heteroatoms. The molecule has 7 nitrogen and oxygen atoms in total. The second-order valence-electron chi connectivity index (χ2n) is 5.41. The molecule has 0 radical (unpaired) electrons. The van der Waals surface area contributed by atoms with Crippen LogP contribution in [0.15, 0.2) is 47.1 Å². The van der Waals surface area contributed by atoms with E-state index >= 15 is 0 Å². The molecular formula is C17H16F3N3O4. The molecule has 1 aromatic carbocycles. The van der Waals surface area contributed by atoms with Crippen molar-refractivity contribution >= 4 is 23.4 Å². The van der Waals surface area contributed by atoms with Crippen molar-refractivity contribution in [1.82, 2.24) is 10.6 Å². The topological polar surface area (TPSA) is 100 Å². The average Bonchev–Trinajstić information content (AvgIpc) is 3.14. The smallest absolute Gasteiger partial charge is 0.405 e. The average molecular weight is 383 g/mol. The first-order chi connectivity index (χ1) is 12.7. The summed E-state index contributed by atoms with van der Waals surface area (Å²) in [6.45, 7) is -1.34. The number of halogens is 3. The SMILES string of the molecule is O=C(CCNC(=O)c1ccco1)Nc1ccc(C(=O)NCC(F)(F)F)cc1. The van der Waals surface area contributed by atoms with Crippen molar-refractivity contribution in [3.05, 3.63) is 54.0 Å². The Morgan fingerprint density at radius 2 is 1.67 bits per heavy atom. The van der Waals surface area contributed by atoms with Crippen molar-refractivity contribution in [2.24, 2.45) is 0 Å². The molecule has 3 N–H and O–H groups in total. The fraction of sp³-hybridized carbons (Fsp3) is 0.235. The Morgan fingerprint density at radius 1 is 0.963 bits per heavy atom. The second kappa shape index (κ2) is 8.88. The van der Waals surface area contributed by atoms with Crippen LogP contribution in [-0.4, -0.2) is 37.0 Å². The van der Waals surface area contributed by atoms with Gasteiger partial charge in [-0.3, -0.25) is 14.4 Å². The highest BCUT2D eigenvalue weighted by Gasteiger charge is 2.27. The van der Waals surface area contributed by atoms with Crippen LogP contribution in [0.2, 0.25) is 0 Å². The number of anilines is 1. The fourth-order valence-corrected chi connectivity index (χ4v) is 2.00. The minimum absolute atomic E-state index is 0.000267. The highest BCUT2D eigenvalue weighted by molar-refractivity contribution is 5.96. The molecule has 2 aromatic rings. The molecule has 144 valence electrons. The fourth-order valence-electron chi connectivity index (χ4n) is 2.00. The maximum atomic E-state index is 12.1. The van der Waals surface area contributed by atoms with E-state index in [1.54, 1.807) is 11.4 Å². The largest absolute Gasteiger partial charge is 0.459 e. The molecule has 0 bridgehead atoms. The quantitative estimate of drug-likeness (QED) is 0.683. The Bertz CT molecular complexity index is 787. The first kappa shape index (κ1) is 20.0. The van der Waals surface area contributed by atoms with Crippen molar-refractivity contribution < 1.29 is 32.0 Å². The molecule has 0 fully saturated rings. The van der Waals surface area contributed by atoms with Crippen LogP contribution in [-0.2, 0) is 4.79 Å². The zero-order chi connectivity index (χ0) is 19.9. The van der Waals surface area contributed by atoms with E-state index in [4.69, 9.17) is 4.42 Å². The lowest BCUT2D eigenvalue weighted by molar-refractivity contribution is -0.123. The van der Waals surface area contributed by atoms with Gasteiger partial charge in [0.1, 0.15) is 6.54 Å². The Balaban J connectivity index is 1.75. The van der Waals surface area contributed by atoms with Gasteiger partial charge in [-0.1, -0.05) is 0 Å². The molecule has 0 aliphatic carbocycles. The molecule has 0 saturated heterocycles. The highest BCUT2D eigenvalue weighted by Crippen LogP contribution is 2.14. The van der Waals surface area contributed by atoms with Gasteiger partial charge >= 0.3 is 6.18 Å². The van der Waals surface area contributed by atoms with Crippen LogP contribution < -0.4 is 16.0 Å². The summed E-state index contributed by atoms with van der Waals surface area (Å²) in [5.41, 5.74) is 0.396. The molecule has 1 heterocycles. The van der Waals surface area contributed by atoms with Gasteiger partial charge in [0, 0.05) is 24.2 Å². The number of carbonyl (C=O) groups is 3. The lowest BCUT2D eigenvalue weighted by atomic mass is 10.2. The summed E-state index contributed by atoms with van der Waals surface area (Å²) in [7, 11) is 0. The molecule has 0 saturated carbocycles. The van der Waals surface area contributed by atoms with Gasteiger partial charge in [-0.25, -0.2) is 0 Å². The van der Waals surface area contributed by atoms with Crippen molar-refractivity contribution in [2.45, 2.75) is 12.6 Å². The Hall–Kier alpha value is -3.30. The summed E-state index contributed by atoms with van der Waals surface area (Å²) in [5, 5.41) is 6.81. The lowest BCUT2D eigenvalue weighted by Gasteiger charge is -2.09. The number of hydrogen-bond donors (Lipinski definition) is 3. The molecular weight excluding hydrogens is 367 g/mol. The summed E-state index contributed by atoms with van der Waals surface area (Å²) in [6, 6.07) is 8.42. The van der Waals surface area contributed by atoms with E-state index in [0.29, 0.717) is 5.69 Å². The molecule has 0 aliphatic rings. The van der Waals surface area contributed by atoms with Crippen molar-refractivity contribution in [3.8, 4) is 0 Å². The molecule has 0 spiro atoms. The number of benzene rings is 1. The lowest BCUT2D eigenvalue weighted by Crippen LogP contribution is -2.33. The van der Waals surface area contributed by atoms with Crippen LogP contribution in [0.25, 0.3) is 0 Å². The van der Waals surface area contributed by atoms with E-state index < -0.39 is 24.5 Å². The minimum atomic E-state index is -4.49. The maximum absolute atomic E-state index is 12.1. The number of furan rings is 1. The van der Waals surface area contributed by atoms with Gasteiger partial charge in [-0.2, -0.15) is 13.2 Å². The summed E-state index contributed by atoms with van der Waals surface area (Å²) in [4.78, 5) is 35.0.